The SMILES string of the molecule is Cc1c(C(C(=O)O)C2CCC2)c2cc(O)ccc2n1C(=O)c1cccc(F)c1. The molecule has 1 unspecified atom stereocenters. The Balaban J connectivity index is 1.96. The molecular formula is C22H20FNO4. The highest BCUT2D eigenvalue weighted by molar-refractivity contribution is 6.05. The lowest BCUT2D eigenvalue weighted by Gasteiger charge is -2.31. The Morgan fingerprint density at radius 2 is 1.93 bits per heavy atom. The zero-order chi connectivity index (χ0) is 20.0. The predicted molar refractivity (Wildman–Crippen MR) is 102 cm³/mol. The molecule has 2 aromatic carbocycles. The average Bonchev–Trinajstić information content (AvgIpc) is 2.88. The van der Waals surface area contributed by atoms with Crippen LogP contribution in [0.5, 0.6) is 5.75 Å². The average molecular weight is 381 g/mol. The van der Waals surface area contributed by atoms with Crippen molar-refractivity contribution in [1.82, 2.24) is 4.57 Å². The van der Waals surface area contributed by atoms with E-state index in [9.17, 15) is 24.2 Å². The minimum Gasteiger partial charge on any atom is -0.508 e. The molecule has 1 fully saturated rings. The van der Waals surface area contributed by atoms with E-state index in [1.807, 2.05) is 0 Å². The van der Waals surface area contributed by atoms with Crippen LogP contribution < -0.4 is 0 Å². The maximum absolute atomic E-state index is 13.6. The highest BCUT2D eigenvalue weighted by atomic mass is 19.1. The zero-order valence-corrected chi connectivity index (χ0v) is 15.4. The van der Waals surface area contributed by atoms with Gasteiger partial charge in [-0.2, -0.15) is 0 Å². The van der Waals surface area contributed by atoms with E-state index in [1.165, 1.54) is 34.9 Å². The number of fused-ring (bicyclic) bond motifs is 1. The summed E-state index contributed by atoms with van der Waals surface area (Å²) in [6, 6.07) is 9.97. The van der Waals surface area contributed by atoms with Gasteiger partial charge in [0.1, 0.15) is 11.6 Å². The van der Waals surface area contributed by atoms with Gasteiger partial charge in [0.2, 0.25) is 0 Å². The van der Waals surface area contributed by atoms with E-state index in [1.54, 1.807) is 13.0 Å². The summed E-state index contributed by atoms with van der Waals surface area (Å²) in [5.41, 5.74) is 1.74. The smallest absolute Gasteiger partial charge is 0.311 e. The predicted octanol–water partition coefficient (Wildman–Crippen LogP) is 4.45. The number of halogens is 1. The van der Waals surface area contributed by atoms with Crippen molar-refractivity contribution in [1.29, 1.82) is 0 Å². The molecule has 0 saturated heterocycles. The fourth-order valence-electron chi connectivity index (χ4n) is 4.17. The number of carboxylic acids is 1. The van der Waals surface area contributed by atoms with Gasteiger partial charge in [0, 0.05) is 16.6 Å². The second kappa shape index (κ2) is 6.78. The van der Waals surface area contributed by atoms with Crippen molar-refractivity contribution in [2.24, 2.45) is 5.92 Å². The van der Waals surface area contributed by atoms with Crippen LogP contribution in [0.15, 0.2) is 42.5 Å². The Kier molecular flexibility index (Phi) is 4.41. The number of rotatable bonds is 4. The molecule has 1 aliphatic carbocycles. The molecular weight excluding hydrogens is 361 g/mol. The molecule has 5 nitrogen and oxygen atoms in total. The number of hydrogen-bond acceptors (Lipinski definition) is 3. The number of carboxylic acid groups (broad SMARTS) is 1. The highest BCUT2D eigenvalue weighted by Crippen LogP contribution is 2.44. The maximum Gasteiger partial charge on any atom is 0.311 e. The van der Waals surface area contributed by atoms with Crippen LogP contribution in [0, 0.1) is 18.7 Å². The summed E-state index contributed by atoms with van der Waals surface area (Å²) >= 11 is 0. The van der Waals surface area contributed by atoms with Crippen LogP contribution in [0.25, 0.3) is 10.9 Å². The van der Waals surface area contributed by atoms with E-state index < -0.39 is 23.6 Å². The first kappa shape index (κ1) is 18.2. The van der Waals surface area contributed by atoms with Crippen LogP contribution in [-0.2, 0) is 4.79 Å². The molecule has 0 bridgehead atoms. The van der Waals surface area contributed by atoms with E-state index in [0.717, 1.165) is 25.3 Å². The largest absolute Gasteiger partial charge is 0.508 e. The minimum atomic E-state index is -0.937. The van der Waals surface area contributed by atoms with Gasteiger partial charge in [-0.3, -0.25) is 14.2 Å². The van der Waals surface area contributed by atoms with Gasteiger partial charge in [-0.05, 0) is 67.6 Å². The molecule has 6 heteroatoms. The number of aliphatic carboxylic acids is 1. The normalized spacial score (nSPS) is 15.4. The summed E-state index contributed by atoms with van der Waals surface area (Å²) in [7, 11) is 0. The molecule has 1 atom stereocenters. The third-order valence-corrected chi connectivity index (χ3v) is 5.71. The van der Waals surface area contributed by atoms with E-state index in [4.69, 9.17) is 0 Å². The van der Waals surface area contributed by atoms with Crippen LogP contribution in [-0.4, -0.2) is 26.7 Å². The lowest BCUT2D eigenvalue weighted by Crippen LogP contribution is -2.27. The van der Waals surface area contributed by atoms with E-state index >= 15 is 0 Å². The number of benzene rings is 2. The Morgan fingerprint density at radius 3 is 2.54 bits per heavy atom. The fraction of sp³-hybridized carbons (Fsp3) is 0.273. The molecule has 0 spiro atoms. The quantitative estimate of drug-likeness (QED) is 0.700. The van der Waals surface area contributed by atoms with Crippen molar-refractivity contribution < 1.29 is 24.2 Å². The second-order valence-corrected chi connectivity index (χ2v) is 7.36. The van der Waals surface area contributed by atoms with Gasteiger partial charge in [-0.25, -0.2) is 4.39 Å². The molecule has 1 heterocycles. The van der Waals surface area contributed by atoms with Crippen LogP contribution in [0.4, 0.5) is 4.39 Å². The van der Waals surface area contributed by atoms with Gasteiger partial charge in [-0.15, -0.1) is 0 Å². The Hall–Kier alpha value is -3.15. The molecule has 144 valence electrons. The Labute approximate surface area is 161 Å². The van der Waals surface area contributed by atoms with Gasteiger partial charge in [0.15, 0.2) is 0 Å². The number of hydrogen-bond donors (Lipinski definition) is 2. The summed E-state index contributed by atoms with van der Waals surface area (Å²) < 4.78 is 15.1. The van der Waals surface area contributed by atoms with Crippen LogP contribution in [0.2, 0.25) is 0 Å². The number of aromatic nitrogens is 1. The first-order valence-electron chi connectivity index (χ1n) is 9.25. The first-order valence-corrected chi connectivity index (χ1v) is 9.25. The van der Waals surface area contributed by atoms with Crippen molar-refractivity contribution in [2.75, 3.05) is 0 Å². The van der Waals surface area contributed by atoms with Crippen LogP contribution in [0.3, 0.4) is 0 Å². The number of aromatic hydroxyl groups is 1. The number of phenols is 1. The van der Waals surface area contributed by atoms with Gasteiger partial charge >= 0.3 is 5.97 Å². The molecule has 3 aromatic rings. The fourth-order valence-corrected chi connectivity index (χ4v) is 4.17. The van der Waals surface area contributed by atoms with E-state index in [2.05, 4.69) is 0 Å². The van der Waals surface area contributed by atoms with E-state index in [0.29, 0.717) is 22.2 Å². The molecule has 1 saturated carbocycles. The monoisotopic (exact) mass is 381 g/mol. The van der Waals surface area contributed by atoms with Gasteiger partial charge < -0.3 is 10.2 Å². The Bertz CT molecular complexity index is 1100. The standard InChI is InChI=1S/C22H20FNO4/c1-12-19(20(22(27)28)13-4-2-5-13)17-11-16(25)8-9-18(17)24(12)21(26)14-6-3-7-15(23)10-14/h3,6-11,13,20,25H,2,4-5H2,1H3,(H,27,28). The summed E-state index contributed by atoms with van der Waals surface area (Å²) in [5, 5.41) is 20.4. The summed E-state index contributed by atoms with van der Waals surface area (Å²) in [6.45, 7) is 1.71. The number of carbonyl (C=O) groups is 2. The number of carbonyl (C=O) groups excluding carboxylic acids is 1. The van der Waals surface area contributed by atoms with Crippen molar-refractivity contribution in [3.05, 3.63) is 65.1 Å². The van der Waals surface area contributed by atoms with Crippen molar-refractivity contribution >= 4 is 22.8 Å². The van der Waals surface area contributed by atoms with Crippen molar-refractivity contribution in [3.8, 4) is 5.75 Å². The molecule has 1 aliphatic rings. The number of phenolic OH excluding ortho intramolecular Hbond substituents is 1. The van der Waals surface area contributed by atoms with Gasteiger partial charge in [-0.1, -0.05) is 12.5 Å². The minimum absolute atomic E-state index is 0.00172. The molecule has 28 heavy (non-hydrogen) atoms. The summed E-state index contributed by atoms with van der Waals surface area (Å²) in [4.78, 5) is 25.3. The van der Waals surface area contributed by atoms with Crippen molar-refractivity contribution in [2.45, 2.75) is 32.1 Å². The number of nitrogens with zero attached hydrogens (tertiary/aromatic N) is 1. The summed E-state index contributed by atoms with van der Waals surface area (Å²) in [5.74, 6) is -2.64. The van der Waals surface area contributed by atoms with Gasteiger partial charge in [0.05, 0.1) is 11.4 Å². The molecule has 4 rings (SSSR count). The highest BCUT2D eigenvalue weighted by Gasteiger charge is 2.38. The molecule has 0 aliphatic heterocycles. The third-order valence-electron chi connectivity index (χ3n) is 5.71. The van der Waals surface area contributed by atoms with E-state index in [-0.39, 0.29) is 17.2 Å². The Morgan fingerprint density at radius 1 is 1.18 bits per heavy atom. The van der Waals surface area contributed by atoms with Crippen molar-refractivity contribution in [3.63, 3.8) is 0 Å². The van der Waals surface area contributed by atoms with Crippen LogP contribution >= 0.6 is 0 Å². The van der Waals surface area contributed by atoms with Gasteiger partial charge in [0.25, 0.3) is 5.91 Å². The zero-order valence-electron chi connectivity index (χ0n) is 15.4. The second-order valence-electron chi connectivity index (χ2n) is 7.36. The topological polar surface area (TPSA) is 79.5 Å². The molecule has 0 radical (unpaired) electrons. The third kappa shape index (κ3) is 2.85. The first-order chi connectivity index (χ1) is 13.4. The lowest BCUT2D eigenvalue weighted by molar-refractivity contribution is -0.141. The maximum atomic E-state index is 13.6. The summed E-state index contributed by atoms with van der Waals surface area (Å²) in [6.07, 6.45) is 2.62. The molecule has 2 N–H and O–H groups in total. The molecule has 0 amide bonds. The lowest BCUT2D eigenvalue weighted by atomic mass is 9.72. The van der Waals surface area contributed by atoms with Crippen LogP contribution in [0.1, 0.15) is 46.8 Å². The molecule has 1 aromatic heterocycles.